The lowest BCUT2D eigenvalue weighted by Gasteiger charge is -2.09. The van der Waals surface area contributed by atoms with Crippen LogP contribution >= 0.6 is 11.6 Å². The lowest BCUT2D eigenvalue weighted by atomic mass is 10.1. The van der Waals surface area contributed by atoms with Gasteiger partial charge in [-0.05, 0) is 37.3 Å². The molecule has 0 N–H and O–H groups in total. The molecule has 0 bridgehead atoms. The van der Waals surface area contributed by atoms with E-state index < -0.39 is 0 Å². The van der Waals surface area contributed by atoms with Crippen molar-refractivity contribution in [3.8, 4) is 11.5 Å². The third-order valence-corrected chi connectivity index (χ3v) is 2.53. The van der Waals surface area contributed by atoms with Crippen LogP contribution in [0.25, 0.3) is 0 Å². The van der Waals surface area contributed by atoms with E-state index in [1.165, 1.54) is 6.92 Å². The Kier molecular flexibility index (Phi) is 3.45. The first kappa shape index (κ1) is 11.7. The van der Waals surface area contributed by atoms with Crippen molar-refractivity contribution < 1.29 is 9.53 Å². The normalized spacial score (nSPS) is 10.0. The molecule has 0 aromatic heterocycles. The molecule has 0 aliphatic carbocycles. The Labute approximate surface area is 105 Å². The highest BCUT2D eigenvalue weighted by molar-refractivity contribution is 6.31. The highest BCUT2D eigenvalue weighted by atomic mass is 35.5. The summed E-state index contributed by atoms with van der Waals surface area (Å²) in [5, 5.41) is 0.524. The van der Waals surface area contributed by atoms with Gasteiger partial charge in [-0.25, -0.2) is 0 Å². The van der Waals surface area contributed by atoms with Gasteiger partial charge in [-0.1, -0.05) is 29.8 Å². The average Bonchev–Trinajstić information content (AvgIpc) is 2.32. The fourth-order valence-corrected chi connectivity index (χ4v) is 1.65. The fraction of sp³-hybridized carbons (Fsp3) is 0.0714. The standard InChI is InChI=1S/C14H11ClO2/c1-10(16)13-9-11(15)7-8-14(13)17-12-5-3-2-4-6-12/h2-9H,1H3. The van der Waals surface area contributed by atoms with Gasteiger partial charge in [-0.2, -0.15) is 0 Å². The van der Waals surface area contributed by atoms with Gasteiger partial charge in [0.2, 0.25) is 0 Å². The number of rotatable bonds is 3. The van der Waals surface area contributed by atoms with Crippen molar-refractivity contribution >= 4 is 17.4 Å². The molecule has 0 unspecified atom stereocenters. The van der Waals surface area contributed by atoms with Gasteiger partial charge in [-0.15, -0.1) is 0 Å². The van der Waals surface area contributed by atoms with Gasteiger partial charge in [-0.3, -0.25) is 4.79 Å². The molecule has 2 aromatic carbocycles. The van der Waals surface area contributed by atoms with Gasteiger partial charge < -0.3 is 4.74 Å². The second kappa shape index (κ2) is 5.02. The van der Waals surface area contributed by atoms with E-state index in [1.54, 1.807) is 18.2 Å². The Morgan fingerprint density at radius 1 is 1.12 bits per heavy atom. The Morgan fingerprint density at radius 2 is 1.82 bits per heavy atom. The number of hydrogen-bond acceptors (Lipinski definition) is 2. The van der Waals surface area contributed by atoms with Crippen molar-refractivity contribution in [3.05, 3.63) is 59.1 Å². The van der Waals surface area contributed by atoms with E-state index in [0.717, 1.165) is 0 Å². The highest BCUT2D eigenvalue weighted by Crippen LogP contribution is 2.28. The molecular formula is C14H11ClO2. The molecule has 17 heavy (non-hydrogen) atoms. The van der Waals surface area contributed by atoms with Crippen LogP contribution in [0.4, 0.5) is 0 Å². The van der Waals surface area contributed by atoms with Gasteiger partial charge in [0.15, 0.2) is 5.78 Å². The second-order valence-electron chi connectivity index (χ2n) is 3.61. The lowest BCUT2D eigenvalue weighted by molar-refractivity contribution is 0.101. The summed E-state index contributed by atoms with van der Waals surface area (Å²) < 4.78 is 5.65. The van der Waals surface area contributed by atoms with Crippen molar-refractivity contribution in [2.24, 2.45) is 0 Å². The van der Waals surface area contributed by atoms with Crippen LogP contribution in [-0.2, 0) is 0 Å². The average molecular weight is 247 g/mol. The quantitative estimate of drug-likeness (QED) is 0.754. The summed E-state index contributed by atoms with van der Waals surface area (Å²) in [6, 6.07) is 14.3. The molecule has 0 aliphatic rings. The maximum absolute atomic E-state index is 11.5. The van der Waals surface area contributed by atoms with Crippen LogP contribution in [0.1, 0.15) is 17.3 Å². The minimum atomic E-state index is -0.0709. The van der Waals surface area contributed by atoms with Crippen LogP contribution in [0.5, 0.6) is 11.5 Å². The maximum atomic E-state index is 11.5. The van der Waals surface area contributed by atoms with E-state index in [2.05, 4.69) is 0 Å². The van der Waals surface area contributed by atoms with Crippen LogP contribution in [-0.4, -0.2) is 5.78 Å². The molecule has 3 heteroatoms. The first-order chi connectivity index (χ1) is 8.16. The SMILES string of the molecule is CC(=O)c1cc(Cl)ccc1Oc1ccccc1. The number of ether oxygens (including phenoxy) is 1. The number of carbonyl (C=O) groups excluding carboxylic acids is 1. The van der Waals surface area contributed by atoms with E-state index >= 15 is 0 Å². The number of halogens is 1. The minimum absolute atomic E-state index is 0.0709. The number of carbonyl (C=O) groups is 1. The zero-order chi connectivity index (χ0) is 12.3. The van der Waals surface area contributed by atoms with E-state index in [4.69, 9.17) is 16.3 Å². The van der Waals surface area contributed by atoms with E-state index in [0.29, 0.717) is 22.1 Å². The Bertz CT molecular complexity index is 535. The summed E-state index contributed by atoms with van der Waals surface area (Å²) >= 11 is 5.86. The van der Waals surface area contributed by atoms with Gasteiger partial charge in [0.1, 0.15) is 11.5 Å². The van der Waals surface area contributed by atoms with Gasteiger partial charge in [0.25, 0.3) is 0 Å². The van der Waals surface area contributed by atoms with Crippen molar-refractivity contribution in [3.63, 3.8) is 0 Å². The summed E-state index contributed by atoms with van der Waals surface area (Å²) in [5.74, 6) is 1.14. The molecule has 0 spiro atoms. The van der Waals surface area contributed by atoms with Crippen molar-refractivity contribution in [1.29, 1.82) is 0 Å². The largest absolute Gasteiger partial charge is 0.457 e. The molecule has 2 aromatic rings. The molecule has 0 saturated carbocycles. The summed E-state index contributed by atoms with van der Waals surface area (Å²) in [7, 11) is 0. The summed E-state index contributed by atoms with van der Waals surface area (Å²) in [6.07, 6.45) is 0. The fourth-order valence-electron chi connectivity index (χ4n) is 1.48. The molecule has 0 saturated heterocycles. The van der Waals surface area contributed by atoms with Crippen LogP contribution < -0.4 is 4.74 Å². The third-order valence-electron chi connectivity index (χ3n) is 2.29. The van der Waals surface area contributed by atoms with Crippen molar-refractivity contribution in [1.82, 2.24) is 0 Å². The molecule has 0 aliphatic heterocycles. The number of ketones is 1. The first-order valence-corrected chi connectivity index (χ1v) is 5.58. The minimum Gasteiger partial charge on any atom is -0.457 e. The number of hydrogen-bond donors (Lipinski definition) is 0. The monoisotopic (exact) mass is 246 g/mol. The van der Waals surface area contributed by atoms with Gasteiger partial charge in [0.05, 0.1) is 5.56 Å². The maximum Gasteiger partial charge on any atom is 0.163 e. The lowest BCUT2D eigenvalue weighted by Crippen LogP contribution is -1.96. The molecular weight excluding hydrogens is 236 g/mol. The topological polar surface area (TPSA) is 26.3 Å². The number of benzene rings is 2. The van der Waals surface area contributed by atoms with Gasteiger partial charge in [0, 0.05) is 5.02 Å². The van der Waals surface area contributed by atoms with Crippen LogP contribution in [0.2, 0.25) is 5.02 Å². The van der Waals surface area contributed by atoms with E-state index in [-0.39, 0.29) is 5.78 Å². The number of para-hydroxylation sites is 1. The Hall–Kier alpha value is -1.80. The molecule has 0 heterocycles. The second-order valence-corrected chi connectivity index (χ2v) is 4.05. The Morgan fingerprint density at radius 3 is 2.47 bits per heavy atom. The molecule has 0 atom stereocenters. The van der Waals surface area contributed by atoms with Crippen LogP contribution in [0.3, 0.4) is 0 Å². The third kappa shape index (κ3) is 2.86. The predicted molar refractivity (Wildman–Crippen MR) is 68.0 cm³/mol. The zero-order valence-corrected chi connectivity index (χ0v) is 10.1. The predicted octanol–water partition coefficient (Wildman–Crippen LogP) is 4.33. The molecule has 2 nitrogen and oxygen atoms in total. The zero-order valence-electron chi connectivity index (χ0n) is 9.31. The van der Waals surface area contributed by atoms with Crippen LogP contribution in [0.15, 0.2) is 48.5 Å². The summed E-state index contributed by atoms with van der Waals surface area (Å²) in [4.78, 5) is 11.5. The van der Waals surface area contributed by atoms with E-state index in [9.17, 15) is 4.79 Å². The molecule has 0 amide bonds. The molecule has 0 fully saturated rings. The molecule has 86 valence electrons. The highest BCUT2D eigenvalue weighted by Gasteiger charge is 2.09. The molecule has 2 rings (SSSR count). The number of Topliss-reactive ketones (excluding diaryl/α,β-unsaturated/α-hetero) is 1. The van der Waals surface area contributed by atoms with E-state index in [1.807, 2.05) is 30.3 Å². The molecule has 0 radical (unpaired) electrons. The van der Waals surface area contributed by atoms with Crippen molar-refractivity contribution in [2.45, 2.75) is 6.92 Å². The van der Waals surface area contributed by atoms with Gasteiger partial charge >= 0.3 is 0 Å². The van der Waals surface area contributed by atoms with Crippen LogP contribution in [0, 0.1) is 0 Å². The smallest absolute Gasteiger partial charge is 0.163 e. The summed E-state index contributed by atoms with van der Waals surface area (Å²) in [6.45, 7) is 1.49. The first-order valence-electron chi connectivity index (χ1n) is 5.20. The Balaban J connectivity index is 2.36. The summed E-state index contributed by atoms with van der Waals surface area (Å²) in [5.41, 5.74) is 0.487. The van der Waals surface area contributed by atoms with Crippen molar-refractivity contribution in [2.75, 3.05) is 0 Å².